The Hall–Kier alpha value is -1.58. The standard InChI is InChI=1S/C9H7ClN2O3S/c10-16(14,15)8-3-1-7(2-4-8)9(13)12-6-5-11/h1-4H,6H2,(H,12,13). The fourth-order valence-corrected chi connectivity index (χ4v) is 1.76. The highest BCUT2D eigenvalue weighted by Crippen LogP contribution is 2.15. The molecule has 0 heterocycles. The normalized spacial score (nSPS) is 10.5. The van der Waals surface area contributed by atoms with Gasteiger partial charge in [0.15, 0.2) is 0 Å². The van der Waals surface area contributed by atoms with Crippen LogP contribution in [0.4, 0.5) is 0 Å². The summed E-state index contributed by atoms with van der Waals surface area (Å²) < 4.78 is 21.8. The third kappa shape index (κ3) is 3.22. The molecule has 0 atom stereocenters. The lowest BCUT2D eigenvalue weighted by molar-refractivity contribution is 0.0958. The number of carbonyl (C=O) groups excluding carboxylic acids is 1. The van der Waals surface area contributed by atoms with Crippen molar-refractivity contribution in [2.45, 2.75) is 4.90 Å². The average molecular weight is 259 g/mol. The molecule has 0 unspecified atom stereocenters. The molecule has 0 radical (unpaired) electrons. The van der Waals surface area contributed by atoms with E-state index in [1.807, 2.05) is 0 Å². The van der Waals surface area contributed by atoms with Crippen LogP contribution >= 0.6 is 10.7 Å². The molecule has 0 bridgehead atoms. The quantitative estimate of drug-likeness (QED) is 0.644. The van der Waals surface area contributed by atoms with Gasteiger partial charge < -0.3 is 5.32 Å². The Labute approximate surface area is 97.1 Å². The molecule has 0 fully saturated rings. The van der Waals surface area contributed by atoms with Crippen molar-refractivity contribution >= 4 is 25.6 Å². The molecule has 0 aliphatic heterocycles. The Bertz CT molecular complexity index is 531. The number of carbonyl (C=O) groups is 1. The Balaban J connectivity index is 2.88. The van der Waals surface area contributed by atoms with Gasteiger partial charge in [-0.25, -0.2) is 8.42 Å². The molecule has 1 aromatic carbocycles. The van der Waals surface area contributed by atoms with Gasteiger partial charge in [0.25, 0.3) is 15.0 Å². The summed E-state index contributed by atoms with van der Waals surface area (Å²) in [7, 11) is 1.33. The lowest BCUT2D eigenvalue weighted by atomic mass is 10.2. The highest BCUT2D eigenvalue weighted by atomic mass is 35.7. The number of nitrogens with one attached hydrogen (secondary N) is 1. The maximum absolute atomic E-state index is 11.3. The van der Waals surface area contributed by atoms with E-state index in [4.69, 9.17) is 15.9 Å². The second kappa shape index (κ2) is 4.96. The fraction of sp³-hybridized carbons (Fsp3) is 0.111. The van der Waals surface area contributed by atoms with Crippen molar-refractivity contribution in [1.29, 1.82) is 5.26 Å². The van der Waals surface area contributed by atoms with Crippen molar-refractivity contribution in [1.82, 2.24) is 5.32 Å². The van der Waals surface area contributed by atoms with E-state index in [-0.39, 0.29) is 17.0 Å². The summed E-state index contributed by atoms with van der Waals surface area (Å²) in [6, 6.07) is 6.85. The summed E-state index contributed by atoms with van der Waals surface area (Å²) in [5.41, 5.74) is 0.263. The van der Waals surface area contributed by atoms with E-state index in [9.17, 15) is 13.2 Å². The van der Waals surface area contributed by atoms with Crippen LogP contribution < -0.4 is 5.32 Å². The first kappa shape index (κ1) is 12.5. The molecule has 0 saturated carbocycles. The Kier molecular flexibility index (Phi) is 3.88. The monoisotopic (exact) mass is 258 g/mol. The first-order chi connectivity index (χ1) is 7.45. The van der Waals surface area contributed by atoms with Crippen LogP contribution in [-0.4, -0.2) is 20.9 Å². The van der Waals surface area contributed by atoms with Crippen LogP contribution in [0.5, 0.6) is 0 Å². The number of nitriles is 1. The van der Waals surface area contributed by atoms with Crippen LogP contribution in [0.25, 0.3) is 0 Å². The zero-order valence-corrected chi connectivity index (χ0v) is 9.55. The highest BCUT2D eigenvalue weighted by Gasteiger charge is 2.11. The van der Waals surface area contributed by atoms with E-state index in [0.29, 0.717) is 0 Å². The summed E-state index contributed by atoms with van der Waals surface area (Å²) in [6.07, 6.45) is 0. The number of hydrogen-bond acceptors (Lipinski definition) is 4. The van der Waals surface area contributed by atoms with Crippen LogP contribution in [0.2, 0.25) is 0 Å². The van der Waals surface area contributed by atoms with E-state index >= 15 is 0 Å². The third-order valence-corrected chi connectivity index (χ3v) is 3.10. The fourth-order valence-electron chi connectivity index (χ4n) is 0.991. The van der Waals surface area contributed by atoms with Crippen molar-refractivity contribution in [3.63, 3.8) is 0 Å². The Morgan fingerprint density at radius 1 is 1.38 bits per heavy atom. The maximum atomic E-state index is 11.3. The van der Waals surface area contributed by atoms with Gasteiger partial charge in [0.2, 0.25) is 0 Å². The number of amides is 1. The van der Waals surface area contributed by atoms with E-state index in [0.717, 1.165) is 0 Å². The zero-order chi connectivity index (χ0) is 12.2. The second-order valence-electron chi connectivity index (χ2n) is 2.80. The number of rotatable bonds is 3. The van der Waals surface area contributed by atoms with Crippen LogP contribution in [0.1, 0.15) is 10.4 Å². The molecular weight excluding hydrogens is 252 g/mol. The molecule has 1 rings (SSSR count). The SMILES string of the molecule is N#CCNC(=O)c1ccc(S(=O)(=O)Cl)cc1. The van der Waals surface area contributed by atoms with Crippen LogP contribution in [-0.2, 0) is 9.05 Å². The largest absolute Gasteiger partial charge is 0.339 e. The summed E-state index contributed by atoms with van der Waals surface area (Å²) >= 11 is 0. The predicted octanol–water partition coefficient (Wildman–Crippen LogP) is 0.867. The van der Waals surface area contributed by atoms with Gasteiger partial charge in [0, 0.05) is 16.2 Å². The van der Waals surface area contributed by atoms with E-state index in [1.54, 1.807) is 6.07 Å². The summed E-state index contributed by atoms with van der Waals surface area (Å²) in [5.74, 6) is -0.444. The summed E-state index contributed by atoms with van der Waals surface area (Å²) in [4.78, 5) is 11.2. The van der Waals surface area contributed by atoms with Crippen LogP contribution in [0.3, 0.4) is 0 Å². The van der Waals surface area contributed by atoms with Crippen LogP contribution in [0.15, 0.2) is 29.2 Å². The second-order valence-corrected chi connectivity index (χ2v) is 5.37. The molecule has 16 heavy (non-hydrogen) atoms. The lowest BCUT2D eigenvalue weighted by Gasteiger charge is -2.01. The van der Waals surface area contributed by atoms with E-state index < -0.39 is 15.0 Å². The molecule has 0 saturated heterocycles. The smallest absolute Gasteiger partial charge is 0.261 e. The van der Waals surface area contributed by atoms with Crippen molar-refractivity contribution < 1.29 is 13.2 Å². The van der Waals surface area contributed by atoms with Gasteiger partial charge in [-0.3, -0.25) is 4.79 Å². The van der Waals surface area contributed by atoms with E-state index in [2.05, 4.69) is 5.32 Å². The van der Waals surface area contributed by atoms with Crippen LogP contribution in [0, 0.1) is 11.3 Å². The third-order valence-electron chi connectivity index (χ3n) is 1.73. The average Bonchev–Trinajstić information content (AvgIpc) is 2.25. The molecule has 5 nitrogen and oxygen atoms in total. The molecular formula is C9H7ClN2O3S. The molecule has 0 aliphatic carbocycles. The van der Waals surface area contributed by atoms with Gasteiger partial charge >= 0.3 is 0 Å². The summed E-state index contributed by atoms with van der Waals surface area (Å²) in [5, 5.41) is 10.6. The topological polar surface area (TPSA) is 87.0 Å². The minimum absolute atomic E-state index is 0.0778. The van der Waals surface area contributed by atoms with Crippen molar-refractivity contribution in [2.24, 2.45) is 0 Å². The summed E-state index contributed by atoms with van der Waals surface area (Å²) in [6.45, 7) is -0.103. The van der Waals surface area contributed by atoms with Gasteiger partial charge in [-0.15, -0.1) is 0 Å². The zero-order valence-electron chi connectivity index (χ0n) is 7.97. The first-order valence-corrected chi connectivity index (χ1v) is 6.46. The first-order valence-electron chi connectivity index (χ1n) is 4.15. The van der Waals surface area contributed by atoms with Gasteiger partial charge in [-0.2, -0.15) is 5.26 Å². The van der Waals surface area contributed by atoms with Crippen molar-refractivity contribution in [2.75, 3.05) is 6.54 Å². The van der Waals surface area contributed by atoms with Gasteiger partial charge in [-0.05, 0) is 24.3 Å². The predicted molar refractivity (Wildman–Crippen MR) is 57.4 cm³/mol. The van der Waals surface area contributed by atoms with Crippen molar-refractivity contribution in [3.05, 3.63) is 29.8 Å². The molecule has 0 aliphatic rings. The number of nitrogens with zero attached hydrogens (tertiary/aromatic N) is 1. The minimum atomic E-state index is -3.77. The molecule has 0 spiro atoms. The lowest BCUT2D eigenvalue weighted by Crippen LogP contribution is -2.23. The molecule has 1 N–H and O–H groups in total. The van der Waals surface area contributed by atoms with Gasteiger partial charge in [0.1, 0.15) is 6.54 Å². The number of hydrogen-bond donors (Lipinski definition) is 1. The van der Waals surface area contributed by atoms with E-state index in [1.165, 1.54) is 24.3 Å². The van der Waals surface area contributed by atoms with Gasteiger partial charge in [0.05, 0.1) is 11.0 Å². The highest BCUT2D eigenvalue weighted by molar-refractivity contribution is 8.13. The minimum Gasteiger partial charge on any atom is -0.339 e. The Morgan fingerprint density at radius 2 is 1.94 bits per heavy atom. The Morgan fingerprint density at radius 3 is 2.38 bits per heavy atom. The molecule has 1 amide bonds. The molecule has 7 heteroatoms. The number of benzene rings is 1. The molecule has 0 aromatic heterocycles. The van der Waals surface area contributed by atoms with Crippen molar-refractivity contribution in [3.8, 4) is 6.07 Å². The maximum Gasteiger partial charge on any atom is 0.261 e. The number of halogens is 1. The molecule has 1 aromatic rings. The van der Waals surface area contributed by atoms with Gasteiger partial charge in [-0.1, -0.05) is 0 Å². The molecule has 84 valence electrons.